The van der Waals surface area contributed by atoms with Gasteiger partial charge in [-0.1, -0.05) is 24.5 Å². The monoisotopic (exact) mass is 299 g/mol. The molecule has 1 aliphatic carbocycles. The molecule has 0 amide bonds. The summed E-state index contributed by atoms with van der Waals surface area (Å²) < 4.78 is 1.92. The maximum Gasteiger partial charge on any atom is 0.0682 e. The lowest BCUT2D eigenvalue weighted by molar-refractivity contribution is 0.215. The fourth-order valence-electron chi connectivity index (χ4n) is 4.19. The molecule has 0 bridgehead atoms. The van der Waals surface area contributed by atoms with E-state index < -0.39 is 0 Å². The average molecular weight is 299 g/mol. The summed E-state index contributed by atoms with van der Waals surface area (Å²) in [5, 5.41) is 5.61. The first-order chi connectivity index (χ1) is 10.6. The zero-order chi connectivity index (χ0) is 15.7. The Hall–Kier alpha value is -1.35. The van der Waals surface area contributed by atoms with E-state index in [9.17, 15) is 0 Å². The number of hydrogen-bond donors (Lipinski definition) is 0. The molecule has 0 radical (unpaired) electrons. The van der Waals surface area contributed by atoms with E-state index >= 15 is 0 Å². The molecule has 2 heterocycles. The molecule has 3 heteroatoms. The number of fused-ring (bicyclic) bond motifs is 2. The predicted octanol–water partition coefficient (Wildman–Crippen LogP) is 4.07. The number of aryl methyl sites for hydroxylation is 3. The van der Waals surface area contributed by atoms with Gasteiger partial charge in [0.05, 0.1) is 11.2 Å². The van der Waals surface area contributed by atoms with Crippen molar-refractivity contribution in [1.82, 2.24) is 14.7 Å². The highest BCUT2D eigenvalue weighted by atomic mass is 15.3. The van der Waals surface area contributed by atoms with Crippen molar-refractivity contribution in [3.8, 4) is 0 Å². The van der Waals surface area contributed by atoms with E-state index in [0.717, 1.165) is 17.7 Å². The minimum atomic E-state index is 0.966. The first-order valence-electron chi connectivity index (χ1n) is 8.66. The second-order valence-electron chi connectivity index (χ2n) is 7.11. The first kappa shape index (κ1) is 15.5. The van der Waals surface area contributed by atoms with Crippen molar-refractivity contribution in [2.45, 2.75) is 52.0 Å². The molecule has 4 rings (SSSR count). The Balaban J connectivity index is 0.000000133. The van der Waals surface area contributed by atoms with E-state index in [1.165, 1.54) is 55.1 Å². The zero-order valence-electron chi connectivity index (χ0n) is 14.5. The molecule has 1 aromatic carbocycles. The van der Waals surface area contributed by atoms with Gasteiger partial charge in [-0.25, -0.2) is 0 Å². The molecule has 0 spiro atoms. The van der Waals surface area contributed by atoms with E-state index in [-0.39, 0.29) is 0 Å². The third kappa shape index (κ3) is 3.05. The molecule has 1 saturated carbocycles. The molecule has 2 unspecified atom stereocenters. The molecule has 22 heavy (non-hydrogen) atoms. The van der Waals surface area contributed by atoms with Crippen LogP contribution < -0.4 is 0 Å². The van der Waals surface area contributed by atoms with Gasteiger partial charge in [-0.15, -0.1) is 0 Å². The van der Waals surface area contributed by atoms with Gasteiger partial charge in [0.25, 0.3) is 0 Å². The van der Waals surface area contributed by atoms with Crippen molar-refractivity contribution in [1.29, 1.82) is 0 Å². The van der Waals surface area contributed by atoms with Gasteiger partial charge in [0.1, 0.15) is 0 Å². The Morgan fingerprint density at radius 2 is 1.82 bits per heavy atom. The number of rotatable bonds is 0. The van der Waals surface area contributed by atoms with Crippen LogP contribution in [0.2, 0.25) is 0 Å². The first-order valence-corrected chi connectivity index (χ1v) is 8.66. The number of likely N-dealkylation sites (tertiary alicyclic amines) is 1. The van der Waals surface area contributed by atoms with Crippen molar-refractivity contribution < 1.29 is 0 Å². The maximum absolute atomic E-state index is 4.35. The van der Waals surface area contributed by atoms with Crippen molar-refractivity contribution in [2.24, 2.45) is 13.0 Å². The molecule has 2 aromatic rings. The Morgan fingerprint density at radius 3 is 2.59 bits per heavy atom. The normalized spacial score (nSPS) is 24.9. The fraction of sp³-hybridized carbons (Fsp3) is 0.632. The quantitative estimate of drug-likeness (QED) is 0.731. The zero-order valence-corrected chi connectivity index (χ0v) is 14.5. The average Bonchev–Trinajstić information content (AvgIpc) is 3.02. The molecule has 1 saturated heterocycles. The Morgan fingerprint density at radius 1 is 1.05 bits per heavy atom. The number of benzene rings is 1. The standard InChI is InChI=1S/C10H12N2.C9H17N/c1-7-4-5-10-9(6-7)8(2)11-12(10)3;1-10-7-6-8-4-2-3-5-9(8)10/h4-6H,1-3H3;8-9H,2-7H2,1H3. The Labute approximate surface area is 134 Å². The molecule has 1 aliphatic heterocycles. The lowest BCUT2D eigenvalue weighted by Crippen LogP contribution is -2.31. The highest BCUT2D eigenvalue weighted by molar-refractivity contribution is 5.82. The molecule has 3 nitrogen and oxygen atoms in total. The van der Waals surface area contributed by atoms with Gasteiger partial charge in [-0.3, -0.25) is 4.68 Å². The van der Waals surface area contributed by atoms with Crippen LogP contribution in [0.3, 0.4) is 0 Å². The summed E-state index contributed by atoms with van der Waals surface area (Å²) >= 11 is 0. The maximum atomic E-state index is 4.35. The molecule has 2 fully saturated rings. The third-order valence-corrected chi connectivity index (χ3v) is 5.48. The van der Waals surface area contributed by atoms with Crippen LogP contribution in [0.1, 0.15) is 43.4 Å². The van der Waals surface area contributed by atoms with E-state index in [2.05, 4.69) is 42.2 Å². The SMILES string of the molecule is CN1CCC2CCCCC21.Cc1ccc2c(c1)c(C)nn2C. The Kier molecular flexibility index (Phi) is 4.53. The molecule has 120 valence electrons. The second kappa shape index (κ2) is 6.41. The summed E-state index contributed by atoms with van der Waals surface area (Å²) in [5.41, 5.74) is 3.60. The number of hydrogen-bond acceptors (Lipinski definition) is 2. The van der Waals surface area contributed by atoms with Gasteiger partial charge in [0, 0.05) is 18.5 Å². The van der Waals surface area contributed by atoms with Crippen molar-refractivity contribution in [2.75, 3.05) is 13.6 Å². The van der Waals surface area contributed by atoms with E-state index in [0.29, 0.717) is 0 Å². The largest absolute Gasteiger partial charge is 0.303 e. The highest BCUT2D eigenvalue weighted by Gasteiger charge is 2.32. The minimum Gasteiger partial charge on any atom is -0.303 e. The highest BCUT2D eigenvalue weighted by Crippen LogP contribution is 2.34. The Bertz CT molecular complexity index is 641. The third-order valence-electron chi connectivity index (χ3n) is 5.48. The lowest BCUT2D eigenvalue weighted by atomic mass is 9.85. The van der Waals surface area contributed by atoms with Crippen LogP contribution in [0, 0.1) is 19.8 Å². The smallest absolute Gasteiger partial charge is 0.0682 e. The van der Waals surface area contributed by atoms with Crippen molar-refractivity contribution in [3.63, 3.8) is 0 Å². The summed E-state index contributed by atoms with van der Waals surface area (Å²) in [4.78, 5) is 2.56. The summed E-state index contributed by atoms with van der Waals surface area (Å²) in [6.45, 7) is 5.50. The van der Waals surface area contributed by atoms with Crippen LogP contribution in [0.4, 0.5) is 0 Å². The summed E-state index contributed by atoms with van der Waals surface area (Å²) in [6, 6.07) is 7.37. The van der Waals surface area contributed by atoms with E-state index in [1.54, 1.807) is 0 Å². The lowest BCUT2D eigenvalue weighted by Gasteiger charge is -2.28. The van der Waals surface area contributed by atoms with Crippen molar-refractivity contribution >= 4 is 10.9 Å². The molecule has 0 N–H and O–H groups in total. The van der Waals surface area contributed by atoms with E-state index in [4.69, 9.17) is 0 Å². The van der Waals surface area contributed by atoms with Crippen LogP contribution in [-0.2, 0) is 7.05 Å². The van der Waals surface area contributed by atoms with Crippen LogP contribution in [0.15, 0.2) is 18.2 Å². The predicted molar refractivity (Wildman–Crippen MR) is 93.2 cm³/mol. The van der Waals surface area contributed by atoms with Gasteiger partial charge in [0.2, 0.25) is 0 Å². The van der Waals surface area contributed by atoms with Gasteiger partial charge in [-0.2, -0.15) is 5.10 Å². The molecule has 2 aliphatic rings. The van der Waals surface area contributed by atoms with E-state index in [1.807, 2.05) is 18.7 Å². The number of aromatic nitrogens is 2. The van der Waals surface area contributed by atoms with Crippen LogP contribution >= 0.6 is 0 Å². The van der Waals surface area contributed by atoms with Crippen molar-refractivity contribution in [3.05, 3.63) is 29.5 Å². The van der Waals surface area contributed by atoms with Gasteiger partial charge in [0.15, 0.2) is 0 Å². The topological polar surface area (TPSA) is 21.1 Å². The molecule has 1 aromatic heterocycles. The minimum absolute atomic E-state index is 0.966. The summed E-state index contributed by atoms with van der Waals surface area (Å²) in [6.07, 6.45) is 7.43. The second-order valence-corrected chi connectivity index (χ2v) is 7.11. The van der Waals surface area contributed by atoms with Crippen LogP contribution in [0.25, 0.3) is 10.9 Å². The van der Waals surface area contributed by atoms with Gasteiger partial charge >= 0.3 is 0 Å². The molecular formula is C19H29N3. The summed E-state index contributed by atoms with van der Waals surface area (Å²) in [5.74, 6) is 1.07. The molecular weight excluding hydrogens is 270 g/mol. The number of nitrogens with zero attached hydrogens (tertiary/aromatic N) is 3. The molecule has 2 atom stereocenters. The van der Waals surface area contributed by atoms with Gasteiger partial charge in [-0.05, 0) is 64.8 Å². The van der Waals surface area contributed by atoms with Gasteiger partial charge < -0.3 is 4.90 Å². The fourth-order valence-corrected chi connectivity index (χ4v) is 4.19. The van der Waals surface area contributed by atoms with Crippen LogP contribution in [0.5, 0.6) is 0 Å². The van der Waals surface area contributed by atoms with Crippen LogP contribution in [-0.4, -0.2) is 34.3 Å². The summed E-state index contributed by atoms with van der Waals surface area (Å²) in [7, 11) is 4.26.